The van der Waals surface area contributed by atoms with Crippen LogP contribution in [0.1, 0.15) is 34.3 Å². The summed E-state index contributed by atoms with van der Waals surface area (Å²) in [7, 11) is 3.47. The van der Waals surface area contributed by atoms with Gasteiger partial charge >= 0.3 is 0 Å². The Balaban J connectivity index is 1.65. The van der Waals surface area contributed by atoms with Crippen LogP contribution in [-0.4, -0.2) is 47.4 Å². The van der Waals surface area contributed by atoms with Crippen LogP contribution >= 0.6 is 0 Å². The van der Waals surface area contributed by atoms with Gasteiger partial charge in [-0.25, -0.2) is 4.99 Å². The zero-order valence-electron chi connectivity index (χ0n) is 17.7. The van der Waals surface area contributed by atoms with E-state index in [1.54, 1.807) is 25.1 Å². The summed E-state index contributed by atoms with van der Waals surface area (Å²) in [5.41, 5.74) is 5.58. The Morgan fingerprint density at radius 1 is 1.10 bits per heavy atom. The SMILES string of the molecule is C=Cc1ccccc1-c1nnc(C2=C(C)NCC(c3ccc(C(=O)N(C)C)cc3)=N2)o1. The minimum absolute atomic E-state index is 0.0371. The minimum Gasteiger partial charge on any atom is -0.415 e. The van der Waals surface area contributed by atoms with Crippen LogP contribution in [0.4, 0.5) is 0 Å². The van der Waals surface area contributed by atoms with Gasteiger partial charge in [-0.2, -0.15) is 0 Å². The molecule has 0 spiro atoms. The Bertz CT molecular complexity index is 1200. The highest BCUT2D eigenvalue weighted by molar-refractivity contribution is 6.06. The van der Waals surface area contributed by atoms with Crippen LogP contribution in [0.25, 0.3) is 23.2 Å². The van der Waals surface area contributed by atoms with Crippen molar-refractivity contribution in [2.24, 2.45) is 4.99 Å². The molecular formula is C24H23N5O2. The average Bonchev–Trinajstić information content (AvgIpc) is 3.29. The molecule has 31 heavy (non-hydrogen) atoms. The minimum atomic E-state index is -0.0371. The monoisotopic (exact) mass is 413 g/mol. The molecule has 1 N–H and O–H groups in total. The Hall–Kier alpha value is -4.00. The lowest BCUT2D eigenvalue weighted by Gasteiger charge is -2.18. The van der Waals surface area contributed by atoms with Crippen LogP contribution in [0.15, 0.2) is 70.2 Å². The van der Waals surface area contributed by atoms with Crippen molar-refractivity contribution in [1.29, 1.82) is 0 Å². The van der Waals surface area contributed by atoms with E-state index in [1.165, 1.54) is 0 Å². The highest BCUT2D eigenvalue weighted by atomic mass is 16.4. The van der Waals surface area contributed by atoms with Crippen molar-refractivity contribution in [1.82, 2.24) is 20.4 Å². The van der Waals surface area contributed by atoms with Gasteiger partial charge in [-0.1, -0.05) is 43.0 Å². The molecule has 0 radical (unpaired) electrons. The van der Waals surface area contributed by atoms with E-state index in [0.717, 1.165) is 28.1 Å². The zero-order chi connectivity index (χ0) is 22.0. The van der Waals surface area contributed by atoms with Crippen molar-refractivity contribution in [3.8, 4) is 11.5 Å². The molecule has 7 heteroatoms. The van der Waals surface area contributed by atoms with Gasteiger partial charge in [0.15, 0.2) is 0 Å². The molecule has 1 amide bonds. The molecule has 1 aromatic heterocycles. The predicted molar refractivity (Wildman–Crippen MR) is 121 cm³/mol. The van der Waals surface area contributed by atoms with Crippen molar-refractivity contribution in [3.63, 3.8) is 0 Å². The van der Waals surface area contributed by atoms with Crippen LogP contribution in [-0.2, 0) is 0 Å². The first kappa shape index (κ1) is 20.3. The van der Waals surface area contributed by atoms with E-state index in [-0.39, 0.29) is 5.91 Å². The first-order chi connectivity index (χ1) is 15.0. The summed E-state index contributed by atoms with van der Waals surface area (Å²) >= 11 is 0. The summed E-state index contributed by atoms with van der Waals surface area (Å²) in [5, 5.41) is 11.8. The molecule has 0 saturated carbocycles. The molecule has 0 saturated heterocycles. The molecule has 0 aliphatic carbocycles. The molecular weight excluding hydrogens is 390 g/mol. The highest BCUT2D eigenvalue weighted by Crippen LogP contribution is 2.28. The number of allylic oxidation sites excluding steroid dienone is 1. The van der Waals surface area contributed by atoms with Gasteiger partial charge < -0.3 is 14.6 Å². The largest absolute Gasteiger partial charge is 0.415 e. The fourth-order valence-corrected chi connectivity index (χ4v) is 3.29. The van der Waals surface area contributed by atoms with Gasteiger partial charge in [0.25, 0.3) is 11.8 Å². The molecule has 1 aliphatic heterocycles. The number of nitrogens with one attached hydrogen (secondary N) is 1. The van der Waals surface area contributed by atoms with Gasteiger partial charge in [-0.05, 0) is 36.2 Å². The molecule has 0 unspecified atom stereocenters. The van der Waals surface area contributed by atoms with Gasteiger partial charge in [0, 0.05) is 30.9 Å². The molecule has 7 nitrogen and oxygen atoms in total. The molecule has 4 rings (SSSR count). The molecule has 1 aliphatic rings. The van der Waals surface area contributed by atoms with E-state index in [0.29, 0.717) is 29.6 Å². The number of hydrogen-bond acceptors (Lipinski definition) is 6. The van der Waals surface area contributed by atoms with Crippen LogP contribution in [0.2, 0.25) is 0 Å². The third kappa shape index (κ3) is 4.02. The molecule has 0 bridgehead atoms. The van der Waals surface area contributed by atoms with Crippen molar-refractivity contribution >= 4 is 23.4 Å². The maximum atomic E-state index is 12.1. The lowest BCUT2D eigenvalue weighted by Crippen LogP contribution is -2.27. The normalized spacial score (nSPS) is 13.5. The van der Waals surface area contributed by atoms with Crippen molar-refractivity contribution in [3.05, 3.63) is 83.4 Å². The molecule has 2 heterocycles. The van der Waals surface area contributed by atoms with Crippen LogP contribution in [0, 0.1) is 0 Å². The highest BCUT2D eigenvalue weighted by Gasteiger charge is 2.21. The Morgan fingerprint density at radius 2 is 1.81 bits per heavy atom. The molecule has 0 fully saturated rings. The summed E-state index contributed by atoms with van der Waals surface area (Å²) in [6.07, 6.45) is 1.76. The summed E-state index contributed by atoms with van der Waals surface area (Å²) in [6, 6.07) is 15.1. The second kappa shape index (κ2) is 8.39. The van der Waals surface area contributed by atoms with Crippen molar-refractivity contribution in [2.75, 3.05) is 20.6 Å². The first-order valence-corrected chi connectivity index (χ1v) is 9.88. The van der Waals surface area contributed by atoms with Crippen molar-refractivity contribution in [2.45, 2.75) is 6.92 Å². The number of nitrogens with zero attached hydrogens (tertiary/aromatic N) is 4. The van der Waals surface area contributed by atoms with Gasteiger partial charge in [-0.15, -0.1) is 10.2 Å². The number of amides is 1. The Kier molecular flexibility index (Phi) is 5.49. The van der Waals surface area contributed by atoms with E-state index in [9.17, 15) is 4.79 Å². The Labute approximate surface area is 180 Å². The molecule has 0 atom stereocenters. The summed E-state index contributed by atoms with van der Waals surface area (Å²) in [5.74, 6) is 0.722. The summed E-state index contributed by atoms with van der Waals surface area (Å²) < 4.78 is 5.96. The number of carbonyl (C=O) groups is 1. The maximum absolute atomic E-state index is 12.1. The quantitative estimate of drug-likeness (QED) is 0.687. The lowest BCUT2D eigenvalue weighted by molar-refractivity contribution is 0.0827. The number of aromatic nitrogens is 2. The van der Waals surface area contributed by atoms with E-state index < -0.39 is 0 Å². The number of carbonyl (C=O) groups excluding carboxylic acids is 1. The zero-order valence-corrected chi connectivity index (χ0v) is 17.7. The fourth-order valence-electron chi connectivity index (χ4n) is 3.29. The van der Waals surface area contributed by atoms with Crippen LogP contribution < -0.4 is 5.32 Å². The molecule has 2 aromatic carbocycles. The average molecular weight is 413 g/mol. The topological polar surface area (TPSA) is 83.6 Å². The van der Waals surface area contributed by atoms with E-state index >= 15 is 0 Å². The number of aliphatic imine (C=N–C) groups is 1. The smallest absolute Gasteiger partial charge is 0.268 e. The number of hydrogen-bond donors (Lipinski definition) is 1. The van der Waals surface area contributed by atoms with Gasteiger partial charge in [-0.3, -0.25) is 4.79 Å². The summed E-state index contributed by atoms with van der Waals surface area (Å²) in [4.78, 5) is 18.5. The van der Waals surface area contributed by atoms with E-state index in [1.807, 2.05) is 55.5 Å². The van der Waals surface area contributed by atoms with Gasteiger partial charge in [0.1, 0.15) is 5.70 Å². The van der Waals surface area contributed by atoms with Crippen molar-refractivity contribution < 1.29 is 9.21 Å². The van der Waals surface area contributed by atoms with E-state index in [2.05, 4.69) is 22.1 Å². The van der Waals surface area contributed by atoms with E-state index in [4.69, 9.17) is 9.41 Å². The third-order valence-corrected chi connectivity index (χ3v) is 5.03. The fraction of sp³-hybridized carbons (Fsp3) is 0.167. The van der Waals surface area contributed by atoms with Crippen LogP contribution in [0.5, 0.6) is 0 Å². The third-order valence-electron chi connectivity index (χ3n) is 5.03. The van der Waals surface area contributed by atoms with Gasteiger partial charge in [0.05, 0.1) is 12.3 Å². The lowest BCUT2D eigenvalue weighted by atomic mass is 10.1. The standard InChI is InChI=1S/C24H23N5O2/c1-5-16-8-6-7-9-19(16)22-27-28-23(31-22)21-15(2)25-14-20(26-21)17-10-12-18(13-11-17)24(30)29(3)4/h5-13,25H,1,14H2,2-4H3. The number of rotatable bonds is 5. The second-order valence-corrected chi connectivity index (χ2v) is 7.37. The number of benzene rings is 2. The first-order valence-electron chi connectivity index (χ1n) is 9.88. The second-order valence-electron chi connectivity index (χ2n) is 7.37. The maximum Gasteiger partial charge on any atom is 0.268 e. The Morgan fingerprint density at radius 3 is 2.52 bits per heavy atom. The predicted octanol–water partition coefficient (Wildman–Crippen LogP) is 3.86. The molecule has 156 valence electrons. The summed E-state index contributed by atoms with van der Waals surface area (Å²) in [6.45, 7) is 6.33. The van der Waals surface area contributed by atoms with Gasteiger partial charge in [0.2, 0.25) is 5.89 Å². The van der Waals surface area contributed by atoms with Crippen LogP contribution in [0.3, 0.4) is 0 Å². The molecule has 3 aromatic rings.